The van der Waals surface area contributed by atoms with E-state index in [4.69, 9.17) is 0 Å². The third-order valence-corrected chi connectivity index (χ3v) is 2.58. The lowest BCUT2D eigenvalue weighted by Gasteiger charge is -2.00. The van der Waals surface area contributed by atoms with Crippen LogP contribution in [0.25, 0.3) is 0 Å². The molecule has 1 rings (SSSR count). The van der Waals surface area contributed by atoms with Gasteiger partial charge in [-0.05, 0) is 38.2 Å². The minimum absolute atomic E-state index is 0.323. The number of allylic oxidation sites excluding steroid dienone is 2. The number of rotatable bonds is 5. The van der Waals surface area contributed by atoms with E-state index < -0.39 is 0 Å². The zero-order chi connectivity index (χ0) is 9.68. The van der Waals surface area contributed by atoms with E-state index in [9.17, 15) is 9.59 Å². The summed E-state index contributed by atoms with van der Waals surface area (Å²) in [6.07, 6.45) is 5.97. The predicted octanol–water partition coefficient (Wildman–Crippen LogP) is 2.43. The zero-order valence-electron chi connectivity index (χ0n) is 8.14. The van der Waals surface area contributed by atoms with E-state index in [-0.39, 0.29) is 0 Å². The summed E-state index contributed by atoms with van der Waals surface area (Å²) in [4.78, 5) is 21.4. The van der Waals surface area contributed by atoms with Gasteiger partial charge in [0.1, 0.15) is 6.29 Å². The Kier molecular flexibility index (Phi) is 3.87. The highest BCUT2D eigenvalue weighted by Crippen LogP contribution is 2.26. The molecule has 13 heavy (non-hydrogen) atoms. The summed E-state index contributed by atoms with van der Waals surface area (Å²) in [5, 5.41) is 0. The van der Waals surface area contributed by atoms with Crippen molar-refractivity contribution in [3.8, 4) is 0 Å². The normalized spacial score (nSPS) is 16.8. The Hall–Kier alpha value is -0.920. The van der Waals surface area contributed by atoms with Crippen LogP contribution in [0, 0.1) is 0 Å². The molecule has 0 heterocycles. The van der Waals surface area contributed by atoms with Crippen LogP contribution >= 0.6 is 0 Å². The van der Waals surface area contributed by atoms with E-state index in [1.165, 1.54) is 5.57 Å². The summed E-state index contributed by atoms with van der Waals surface area (Å²) in [7, 11) is 0. The fourth-order valence-corrected chi connectivity index (χ4v) is 1.72. The van der Waals surface area contributed by atoms with Gasteiger partial charge in [0.2, 0.25) is 0 Å². The van der Waals surface area contributed by atoms with E-state index in [1.54, 1.807) is 0 Å². The molecular weight excluding hydrogens is 164 g/mol. The Morgan fingerprint density at radius 2 is 2.08 bits per heavy atom. The second-order valence-electron chi connectivity index (χ2n) is 3.59. The summed E-state index contributed by atoms with van der Waals surface area (Å²) in [5.74, 6) is 0.323. The lowest BCUT2D eigenvalue weighted by molar-refractivity contribution is -0.115. The van der Waals surface area contributed by atoms with Crippen molar-refractivity contribution in [1.82, 2.24) is 0 Å². The van der Waals surface area contributed by atoms with Gasteiger partial charge in [-0.1, -0.05) is 5.57 Å². The molecule has 0 aliphatic heterocycles. The van der Waals surface area contributed by atoms with Crippen LogP contribution in [0.5, 0.6) is 0 Å². The van der Waals surface area contributed by atoms with Gasteiger partial charge in [-0.15, -0.1) is 0 Å². The lowest BCUT2D eigenvalue weighted by Crippen LogP contribution is -1.96. The van der Waals surface area contributed by atoms with Crippen LogP contribution in [0.3, 0.4) is 0 Å². The summed E-state index contributed by atoms with van der Waals surface area (Å²) in [6.45, 7) is 2.04. The van der Waals surface area contributed by atoms with Crippen molar-refractivity contribution in [3.63, 3.8) is 0 Å². The molecule has 2 heteroatoms. The number of ketones is 1. The summed E-state index contributed by atoms with van der Waals surface area (Å²) < 4.78 is 0. The first-order valence-electron chi connectivity index (χ1n) is 4.91. The smallest absolute Gasteiger partial charge is 0.159 e. The Morgan fingerprint density at radius 3 is 2.62 bits per heavy atom. The van der Waals surface area contributed by atoms with Crippen molar-refractivity contribution in [3.05, 3.63) is 11.1 Å². The van der Waals surface area contributed by atoms with Crippen molar-refractivity contribution >= 4 is 12.1 Å². The molecule has 0 saturated carbocycles. The highest BCUT2D eigenvalue weighted by atomic mass is 16.1. The molecule has 0 aromatic heterocycles. The molecular formula is C11H16O2. The van der Waals surface area contributed by atoms with Crippen LogP contribution in [0.4, 0.5) is 0 Å². The first kappa shape index (κ1) is 10.2. The van der Waals surface area contributed by atoms with Gasteiger partial charge in [0.05, 0.1) is 0 Å². The highest BCUT2D eigenvalue weighted by molar-refractivity contribution is 5.98. The molecule has 0 saturated heterocycles. The molecule has 0 radical (unpaired) electrons. The Morgan fingerprint density at radius 1 is 1.31 bits per heavy atom. The minimum Gasteiger partial charge on any atom is -0.303 e. The van der Waals surface area contributed by atoms with Crippen LogP contribution < -0.4 is 0 Å². The van der Waals surface area contributed by atoms with Crippen molar-refractivity contribution in [2.75, 3.05) is 0 Å². The van der Waals surface area contributed by atoms with Crippen LogP contribution in [-0.4, -0.2) is 12.1 Å². The van der Waals surface area contributed by atoms with Crippen molar-refractivity contribution in [2.45, 2.75) is 45.4 Å². The third kappa shape index (κ3) is 2.79. The Labute approximate surface area is 79.0 Å². The molecule has 72 valence electrons. The van der Waals surface area contributed by atoms with Gasteiger partial charge >= 0.3 is 0 Å². The van der Waals surface area contributed by atoms with Gasteiger partial charge in [-0.3, -0.25) is 4.79 Å². The molecule has 0 bridgehead atoms. The molecule has 0 amide bonds. The molecule has 0 aromatic carbocycles. The SMILES string of the molecule is CC1=C(CCCCC=O)C(=O)CC1. The van der Waals surface area contributed by atoms with Gasteiger partial charge in [0, 0.05) is 12.8 Å². The lowest BCUT2D eigenvalue weighted by atomic mass is 10.0. The standard InChI is InChI=1S/C11H16O2/c1-9-6-7-11(13)10(9)5-3-2-4-8-12/h8H,2-7H2,1H3. The molecule has 0 aromatic rings. The zero-order valence-corrected chi connectivity index (χ0v) is 8.14. The number of hydrogen-bond acceptors (Lipinski definition) is 2. The van der Waals surface area contributed by atoms with Gasteiger partial charge in [0.15, 0.2) is 5.78 Å². The average Bonchev–Trinajstić information content (AvgIpc) is 2.42. The second kappa shape index (κ2) is 4.95. The Balaban J connectivity index is 2.31. The topological polar surface area (TPSA) is 34.1 Å². The number of hydrogen-bond donors (Lipinski definition) is 0. The summed E-state index contributed by atoms with van der Waals surface area (Å²) >= 11 is 0. The average molecular weight is 180 g/mol. The number of aldehydes is 1. The monoisotopic (exact) mass is 180 g/mol. The summed E-state index contributed by atoms with van der Waals surface area (Å²) in [5.41, 5.74) is 2.29. The van der Waals surface area contributed by atoms with Gasteiger partial charge < -0.3 is 4.79 Å². The quantitative estimate of drug-likeness (QED) is 0.481. The molecule has 0 N–H and O–H groups in total. The first-order valence-corrected chi connectivity index (χ1v) is 4.91. The largest absolute Gasteiger partial charge is 0.303 e. The molecule has 0 spiro atoms. The van der Waals surface area contributed by atoms with Gasteiger partial charge in [-0.25, -0.2) is 0 Å². The van der Waals surface area contributed by atoms with Crippen molar-refractivity contribution < 1.29 is 9.59 Å². The van der Waals surface area contributed by atoms with E-state index >= 15 is 0 Å². The number of Topliss-reactive ketones (excluding diaryl/α,β-unsaturated/α-hetero) is 1. The Bertz CT molecular complexity index is 238. The fraction of sp³-hybridized carbons (Fsp3) is 0.636. The maximum absolute atomic E-state index is 11.3. The van der Waals surface area contributed by atoms with Crippen LogP contribution in [-0.2, 0) is 9.59 Å². The van der Waals surface area contributed by atoms with Crippen LogP contribution in [0.1, 0.15) is 45.4 Å². The minimum atomic E-state index is 0.323. The highest BCUT2D eigenvalue weighted by Gasteiger charge is 2.18. The van der Waals surface area contributed by atoms with Gasteiger partial charge in [-0.2, -0.15) is 0 Å². The van der Waals surface area contributed by atoms with Crippen LogP contribution in [0.2, 0.25) is 0 Å². The third-order valence-electron chi connectivity index (χ3n) is 2.58. The van der Waals surface area contributed by atoms with E-state index in [1.807, 2.05) is 6.92 Å². The molecule has 1 aliphatic carbocycles. The van der Waals surface area contributed by atoms with E-state index in [2.05, 4.69) is 0 Å². The molecule has 2 nitrogen and oxygen atoms in total. The maximum Gasteiger partial charge on any atom is 0.159 e. The van der Waals surface area contributed by atoms with Gasteiger partial charge in [0.25, 0.3) is 0 Å². The van der Waals surface area contributed by atoms with Crippen LogP contribution in [0.15, 0.2) is 11.1 Å². The number of carbonyl (C=O) groups is 2. The predicted molar refractivity (Wildman–Crippen MR) is 51.5 cm³/mol. The van der Waals surface area contributed by atoms with E-state index in [0.717, 1.165) is 37.5 Å². The maximum atomic E-state index is 11.3. The second-order valence-corrected chi connectivity index (χ2v) is 3.59. The molecule has 0 fully saturated rings. The van der Waals surface area contributed by atoms with Crippen molar-refractivity contribution in [1.29, 1.82) is 0 Å². The molecule has 0 unspecified atom stereocenters. The number of unbranched alkanes of at least 4 members (excludes halogenated alkanes) is 2. The fourth-order valence-electron chi connectivity index (χ4n) is 1.72. The van der Waals surface area contributed by atoms with Crippen molar-refractivity contribution in [2.24, 2.45) is 0 Å². The molecule has 1 aliphatic rings. The van der Waals surface area contributed by atoms with E-state index in [0.29, 0.717) is 18.6 Å². The number of carbonyl (C=O) groups excluding carboxylic acids is 2. The molecule has 0 atom stereocenters. The first-order chi connectivity index (χ1) is 6.25. The summed E-state index contributed by atoms with van der Waals surface area (Å²) in [6, 6.07) is 0.